The molecule has 7 heteroatoms. The van der Waals surface area contributed by atoms with Crippen LogP contribution in [-0.2, 0) is 10.5 Å². The molecule has 0 aliphatic carbocycles. The van der Waals surface area contributed by atoms with Gasteiger partial charge in [-0.15, -0.1) is 10.2 Å². The third-order valence-electron chi connectivity index (χ3n) is 4.50. The van der Waals surface area contributed by atoms with Crippen molar-refractivity contribution in [1.82, 2.24) is 20.1 Å². The van der Waals surface area contributed by atoms with Crippen LogP contribution in [0.25, 0.3) is 5.69 Å². The van der Waals surface area contributed by atoms with Crippen LogP contribution in [0.1, 0.15) is 42.4 Å². The van der Waals surface area contributed by atoms with Gasteiger partial charge in [-0.25, -0.2) is 0 Å². The van der Waals surface area contributed by atoms with Gasteiger partial charge in [0.2, 0.25) is 5.91 Å². The molecule has 0 aliphatic heterocycles. The molecule has 1 aromatic heterocycles. The molecule has 0 saturated heterocycles. The first-order valence-corrected chi connectivity index (χ1v) is 10.4. The third kappa shape index (κ3) is 4.56. The molecule has 1 heterocycles. The molecule has 0 radical (unpaired) electrons. The van der Waals surface area contributed by atoms with Gasteiger partial charge in [-0.3, -0.25) is 9.36 Å². The highest BCUT2D eigenvalue weighted by atomic mass is 35.5. The summed E-state index contributed by atoms with van der Waals surface area (Å²) in [5.41, 5.74) is 4.46. The van der Waals surface area contributed by atoms with Crippen molar-refractivity contribution >= 4 is 29.3 Å². The predicted molar refractivity (Wildman–Crippen MR) is 114 cm³/mol. The SMILES string of the molecule is CC(=O)NC(C)c1nnc(SCc2ccccc2C)n1-c1cc(Cl)ccc1C. The van der Waals surface area contributed by atoms with E-state index in [0.717, 1.165) is 22.2 Å². The van der Waals surface area contributed by atoms with Crippen molar-refractivity contribution in [3.63, 3.8) is 0 Å². The number of benzene rings is 2. The van der Waals surface area contributed by atoms with Gasteiger partial charge in [-0.2, -0.15) is 0 Å². The summed E-state index contributed by atoms with van der Waals surface area (Å²) >= 11 is 7.88. The first kappa shape index (κ1) is 20.4. The first-order valence-electron chi connectivity index (χ1n) is 9.03. The Morgan fingerprint density at radius 3 is 2.64 bits per heavy atom. The summed E-state index contributed by atoms with van der Waals surface area (Å²) in [6.45, 7) is 7.52. The van der Waals surface area contributed by atoms with Crippen molar-refractivity contribution < 1.29 is 4.79 Å². The molecule has 0 fully saturated rings. The zero-order chi connectivity index (χ0) is 20.3. The predicted octanol–water partition coefficient (Wildman–Crippen LogP) is 5.03. The maximum Gasteiger partial charge on any atom is 0.217 e. The fraction of sp³-hybridized carbons (Fsp3) is 0.286. The van der Waals surface area contributed by atoms with Crippen LogP contribution in [-0.4, -0.2) is 20.7 Å². The van der Waals surface area contributed by atoms with Crippen molar-refractivity contribution in [3.8, 4) is 5.69 Å². The lowest BCUT2D eigenvalue weighted by atomic mass is 10.1. The van der Waals surface area contributed by atoms with Gasteiger partial charge in [0.25, 0.3) is 0 Å². The summed E-state index contributed by atoms with van der Waals surface area (Å²) in [4.78, 5) is 11.6. The molecule has 1 amide bonds. The van der Waals surface area contributed by atoms with Crippen molar-refractivity contribution in [1.29, 1.82) is 0 Å². The van der Waals surface area contributed by atoms with E-state index in [1.165, 1.54) is 18.1 Å². The summed E-state index contributed by atoms with van der Waals surface area (Å²) in [6.07, 6.45) is 0. The van der Waals surface area contributed by atoms with Gasteiger partial charge in [-0.1, -0.05) is 53.7 Å². The van der Waals surface area contributed by atoms with E-state index < -0.39 is 0 Å². The Kier molecular flexibility index (Phi) is 6.42. The monoisotopic (exact) mass is 414 g/mol. The summed E-state index contributed by atoms with van der Waals surface area (Å²) < 4.78 is 1.99. The number of nitrogens with one attached hydrogen (secondary N) is 1. The molecule has 5 nitrogen and oxygen atoms in total. The molecule has 1 atom stereocenters. The van der Waals surface area contributed by atoms with Gasteiger partial charge in [0.15, 0.2) is 11.0 Å². The number of hydrogen-bond donors (Lipinski definition) is 1. The molecule has 146 valence electrons. The lowest BCUT2D eigenvalue weighted by Gasteiger charge is -2.17. The molecule has 0 spiro atoms. The van der Waals surface area contributed by atoms with E-state index in [-0.39, 0.29) is 11.9 Å². The smallest absolute Gasteiger partial charge is 0.217 e. The van der Waals surface area contributed by atoms with Crippen LogP contribution in [0, 0.1) is 13.8 Å². The zero-order valence-corrected chi connectivity index (χ0v) is 17.9. The Labute approximate surface area is 174 Å². The van der Waals surface area contributed by atoms with Crippen LogP contribution in [0.4, 0.5) is 0 Å². The van der Waals surface area contributed by atoms with E-state index in [2.05, 4.69) is 34.6 Å². The molecule has 0 saturated carbocycles. The summed E-state index contributed by atoms with van der Waals surface area (Å²) in [6, 6.07) is 13.8. The van der Waals surface area contributed by atoms with E-state index >= 15 is 0 Å². The van der Waals surface area contributed by atoms with Crippen molar-refractivity contribution in [2.45, 2.75) is 44.6 Å². The number of carbonyl (C=O) groups excluding carboxylic acids is 1. The average Bonchev–Trinajstić information content (AvgIpc) is 3.06. The third-order valence-corrected chi connectivity index (χ3v) is 5.71. The average molecular weight is 415 g/mol. The fourth-order valence-corrected chi connectivity index (χ4v) is 4.18. The molecular weight excluding hydrogens is 392 g/mol. The Bertz CT molecular complexity index is 1000. The minimum absolute atomic E-state index is 0.112. The van der Waals surface area contributed by atoms with Gasteiger partial charge in [-0.05, 0) is 49.6 Å². The largest absolute Gasteiger partial charge is 0.347 e. The Balaban J connectivity index is 2.02. The fourth-order valence-electron chi connectivity index (χ4n) is 2.99. The number of aryl methyl sites for hydroxylation is 2. The summed E-state index contributed by atoms with van der Waals surface area (Å²) in [7, 11) is 0. The van der Waals surface area contributed by atoms with E-state index in [0.29, 0.717) is 10.8 Å². The zero-order valence-electron chi connectivity index (χ0n) is 16.4. The number of hydrogen-bond acceptors (Lipinski definition) is 4. The number of thioether (sulfide) groups is 1. The minimum Gasteiger partial charge on any atom is -0.347 e. The van der Waals surface area contributed by atoms with E-state index in [9.17, 15) is 4.79 Å². The topological polar surface area (TPSA) is 59.8 Å². The standard InChI is InChI=1S/C21H23ClN4OS/c1-13-7-5-6-8-17(13)12-28-21-25-24-20(15(3)23-16(4)27)26(21)19-11-18(22)10-9-14(19)2/h5-11,15H,12H2,1-4H3,(H,23,27). The maximum absolute atomic E-state index is 11.6. The number of aromatic nitrogens is 3. The van der Waals surface area contributed by atoms with E-state index in [4.69, 9.17) is 11.6 Å². The molecule has 0 aliphatic rings. The summed E-state index contributed by atoms with van der Waals surface area (Å²) in [5.74, 6) is 1.34. The highest BCUT2D eigenvalue weighted by molar-refractivity contribution is 7.98. The first-order chi connectivity index (χ1) is 13.4. The Hall–Kier alpha value is -2.31. The molecule has 1 N–H and O–H groups in total. The van der Waals surface area contributed by atoms with Crippen LogP contribution < -0.4 is 5.32 Å². The second kappa shape index (κ2) is 8.80. The number of nitrogens with zero attached hydrogens (tertiary/aromatic N) is 3. The van der Waals surface area contributed by atoms with Gasteiger partial charge < -0.3 is 5.32 Å². The second-order valence-corrected chi connectivity index (χ2v) is 8.12. The normalized spacial score (nSPS) is 12.0. The van der Waals surface area contributed by atoms with Crippen LogP contribution in [0.5, 0.6) is 0 Å². The van der Waals surface area contributed by atoms with Crippen molar-refractivity contribution in [3.05, 3.63) is 70.0 Å². The van der Waals surface area contributed by atoms with E-state index in [1.54, 1.807) is 11.8 Å². The molecule has 2 aromatic carbocycles. The van der Waals surface area contributed by atoms with Crippen LogP contribution in [0.3, 0.4) is 0 Å². The van der Waals surface area contributed by atoms with Crippen LogP contribution >= 0.6 is 23.4 Å². The van der Waals surface area contributed by atoms with Crippen molar-refractivity contribution in [2.75, 3.05) is 0 Å². The number of carbonyl (C=O) groups is 1. The highest BCUT2D eigenvalue weighted by Crippen LogP contribution is 2.30. The lowest BCUT2D eigenvalue weighted by molar-refractivity contribution is -0.119. The maximum atomic E-state index is 11.6. The number of halogens is 1. The molecule has 3 aromatic rings. The molecular formula is C21H23ClN4OS. The molecule has 1 unspecified atom stereocenters. The quantitative estimate of drug-likeness (QED) is 0.575. The minimum atomic E-state index is -0.281. The van der Waals surface area contributed by atoms with Gasteiger partial charge in [0.1, 0.15) is 0 Å². The Morgan fingerprint density at radius 1 is 1.18 bits per heavy atom. The van der Waals surface area contributed by atoms with Crippen molar-refractivity contribution in [2.24, 2.45) is 0 Å². The van der Waals surface area contributed by atoms with Gasteiger partial charge >= 0.3 is 0 Å². The summed E-state index contributed by atoms with van der Waals surface area (Å²) in [5, 5.41) is 13.1. The van der Waals surface area contributed by atoms with Gasteiger partial charge in [0, 0.05) is 17.7 Å². The van der Waals surface area contributed by atoms with Crippen LogP contribution in [0.15, 0.2) is 47.6 Å². The van der Waals surface area contributed by atoms with Crippen LogP contribution in [0.2, 0.25) is 5.02 Å². The second-order valence-electron chi connectivity index (χ2n) is 6.74. The Morgan fingerprint density at radius 2 is 1.93 bits per heavy atom. The number of rotatable bonds is 6. The molecule has 0 bridgehead atoms. The molecule has 28 heavy (non-hydrogen) atoms. The molecule has 3 rings (SSSR count). The lowest BCUT2D eigenvalue weighted by Crippen LogP contribution is -2.26. The van der Waals surface area contributed by atoms with E-state index in [1.807, 2.05) is 48.7 Å². The number of amides is 1. The highest BCUT2D eigenvalue weighted by Gasteiger charge is 2.21. The van der Waals surface area contributed by atoms with Gasteiger partial charge in [0.05, 0.1) is 11.7 Å².